The second-order valence-corrected chi connectivity index (χ2v) is 6.24. The lowest BCUT2D eigenvalue weighted by Crippen LogP contribution is -2.31. The molecule has 1 aliphatic heterocycles. The molecule has 3 rings (SSSR count). The van der Waals surface area contributed by atoms with E-state index < -0.39 is 40.6 Å². The van der Waals surface area contributed by atoms with E-state index in [1.807, 2.05) is 0 Å². The Morgan fingerprint density at radius 1 is 1.18 bits per heavy atom. The number of Topliss-reactive ketones (excluding diaryl/α,β-unsaturated/α-hetero) is 1. The van der Waals surface area contributed by atoms with Crippen LogP contribution in [0.2, 0.25) is 0 Å². The monoisotopic (exact) mass is 392 g/mol. The van der Waals surface area contributed by atoms with Crippen molar-refractivity contribution in [1.29, 1.82) is 0 Å². The Morgan fingerprint density at radius 3 is 2.61 bits per heavy atom. The number of benzene rings is 2. The number of hydrogen-bond acceptors (Lipinski definition) is 5. The first-order chi connectivity index (χ1) is 13.3. The molecule has 0 fully saturated rings. The van der Waals surface area contributed by atoms with Crippen molar-refractivity contribution < 1.29 is 27.6 Å². The van der Waals surface area contributed by atoms with E-state index in [4.69, 9.17) is 4.74 Å². The zero-order valence-corrected chi connectivity index (χ0v) is 14.5. The molecule has 146 valence electrons. The van der Waals surface area contributed by atoms with Gasteiger partial charge in [-0.15, -0.1) is 0 Å². The fourth-order valence-electron chi connectivity index (χ4n) is 2.97. The Balaban J connectivity index is 1.90. The summed E-state index contributed by atoms with van der Waals surface area (Å²) in [6, 6.07) is 6.37. The van der Waals surface area contributed by atoms with Gasteiger partial charge in [-0.1, -0.05) is 0 Å². The first kappa shape index (κ1) is 19.5. The van der Waals surface area contributed by atoms with Crippen LogP contribution in [0.4, 0.5) is 13.2 Å². The Kier molecular flexibility index (Phi) is 5.72. The van der Waals surface area contributed by atoms with Gasteiger partial charge >= 0.3 is 0 Å². The van der Waals surface area contributed by atoms with Crippen LogP contribution in [0, 0.1) is 33.5 Å². The van der Waals surface area contributed by atoms with Gasteiger partial charge in [-0.25, -0.2) is 13.2 Å². The molecule has 0 aromatic heterocycles. The number of nitro groups is 1. The molecule has 0 aliphatic carbocycles. The molecular formula is C19H15F3N2O4. The number of carbonyl (C=O) groups is 1. The summed E-state index contributed by atoms with van der Waals surface area (Å²) in [4.78, 5) is 26.7. The van der Waals surface area contributed by atoms with E-state index in [1.165, 1.54) is 18.2 Å². The second-order valence-electron chi connectivity index (χ2n) is 6.24. The van der Waals surface area contributed by atoms with Crippen LogP contribution >= 0.6 is 0 Å². The Labute approximate surface area is 157 Å². The molecule has 28 heavy (non-hydrogen) atoms. The van der Waals surface area contributed by atoms with Gasteiger partial charge in [-0.2, -0.15) is 0 Å². The summed E-state index contributed by atoms with van der Waals surface area (Å²) in [5, 5.41) is 10.7. The Hall–Kier alpha value is -3.23. The van der Waals surface area contributed by atoms with Crippen molar-refractivity contribution in [2.24, 2.45) is 10.9 Å². The quantitative estimate of drug-likeness (QED) is 0.428. The number of fused-ring (bicyclic) bond motifs is 1. The molecule has 1 atom stereocenters. The number of ketones is 1. The first-order valence-electron chi connectivity index (χ1n) is 8.42. The van der Waals surface area contributed by atoms with Crippen LogP contribution in [0.1, 0.15) is 22.3 Å². The first-order valence-corrected chi connectivity index (χ1v) is 8.42. The van der Waals surface area contributed by atoms with Crippen molar-refractivity contribution in [3.8, 4) is 5.75 Å². The van der Waals surface area contributed by atoms with Crippen molar-refractivity contribution in [3.05, 3.63) is 75.1 Å². The summed E-state index contributed by atoms with van der Waals surface area (Å²) < 4.78 is 46.0. The number of aliphatic imine (C=N–C) groups is 1. The Morgan fingerprint density at radius 2 is 1.89 bits per heavy atom. The van der Waals surface area contributed by atoms with Gasteiger partial charge in [-0.05, 0) is 30.3 Å². The number of ether oxygens (including phenoxy) is 1. The summed E-state index contributed by atoms with van der Waals surface area (Å²) in [7, 11) is 0. The molecule has 1 unspecified atom stereocenters. The van der Waals surface area contributed by atoms with Gasteiger partial charge in [0.15, 0.2) is 5.78 Å². The number of nitrogens with zero attached hydrogens (tertiary/aromatic N) is 2. The molecule has 0 radical (unpaired) electrons. The summed E-state index contributed by atoms with van der Waals surface area (Å²) >= 11 is 0. The fourth-order valence-corrected chi connectivity index (χ4v) is 2.97. The molecular weight excluding hydrogens is 377 g/mol. The van der Waals surface area contributed by atoms with Gasteiger partial charge in [0, 0.05) is 28.9 Å². The standard InChI is InChI=1S/C19H15F3N2O4/c20-12-2-4-18-15(7-12)19(11(10-28-18)5-6-24(26)27)23-9-17(25)14-3-1-13(21)8-16(14)22/h1-4,7-8,11H,5-6,9-10H2. The van der Waals surface area contributed by atoms with E-state index >= 15 is 0 Å². The highest BCUT2D eigenvalue weighted by Gasteiger charge is 2.29. The van der Waals surface area contributed by atoms with Gasteiger partial charge in [-0.3, -0.25) is 19.9 Å². The number of hydrogen-bond donors (Lipinski definition) is 0. The largest absolute Gasteiger partial charge is 0.492 e. The van der Waals surface area contributed by atoms with E-state index in [9.17, 15) is 28.1 Å². The minimum atomic E-state index is -1.01. The number of halogens is 3. The van der Waals surface area contributed by atoms with Crippen molar-refractivity contribution in [1.82, 2.24) is 0 Å². The van der Waals surface area contributed by atoms with Crippen LogP contribution in [0.5, 0.6) is 5.75 Å². The van der Waals surface area contributed by atoms with Gasteiger partial charge in [0.1, 0.15) is 29.7 Å². The molecule has 0 spiro atoms. The molecule has 6 nitrogen and oxygen atoms in total. The zero-order valence-electron chi connectivity index (χ0n) is 14.5. The average molecular weight is 392 g/mol. The van der Waals surface area contributed by atoms with Gasteiger partial charge in [0.2, 0.25) is 6.54 Å². The van der Waals surface area contributed by atoms with E-state index in [2.05, 4.69) is 4.99 Å². The maximum Gasteiger partial charge on any atom is 0.204 e. The molecule has 1 heterocycles. The lowest BCUT2D eigenvalue weighted by atomic mass is 9.91. The van der Waals surface area contributed by atoms with Crippen LogP contribution in [-0.2, 0) is 0 Å². The number of rotatable bonds is 6. The Bertz CT molecular complexity index is 962. The lowest BCUT2D eigenvalue weighted by Gasteiger charge is -2.26. The second kappa shape index (κ2) is 8.20. The third kappa shape index (κ3) is 4.36. The third-order valence-corrected chi connectivity index (χ3v) is 4.33. The molecule has 9 heteroatoms. The van der Waals surface area contributed by atoms with E-state index in [0.717, 1.165) is 12.1 Å². The van der Waals surface area contributed by atoms with Crippen LogP contribution in [0.15, 0.2) is 41.4 Å². The van der Waals surface area contributed by atoms with Gasteiger partial charge in [0.25, 0.3) is 0 Å². The predicted octanol–water partition coefficient (Wildman–Crippen LogP) is 3.45. The van der Waals surface area contributed by atoms with E-state index in [1.54, 1.807) is 0 Å². The van der Waals surface area contributed by atoms with Crippen molar-refractivity contribution in [2.75, 3.05) is 19.7 Å². The van der Waals surface area contributed by atoms with E-state index in [0.29, 0.717) is 23.1 Å². The third-order valence-electron chi connectivity index (χ3n) is 4.33. The predicted molar refractivity (Wildman–Crippen MR) is 94.0 cm³/mol. The molecule has 1 aliphatic rings. The van der Waals surface area contributed by atoms with E-state index in [-0.39, 0.29) is 25.1 Å². The molecule has 2 aromatic carbocycles. The maximum atomic E-state index is 13.8. The minimum absolute atomic E-state index is 0.0842. The van der Waals surface area contributed by atoms with Gasteiger partial charge < -0.3 is 4.74 Å². The van der Waals surface area contributed by atoms with Crippen LogP contribution in [0.3, 0.4) is 0 Å². The summed E-state index contributed by atoms with van der Waals surface area (Å²) in [6.45, 7) is -0.731. The smallest absolute Gasteiger partial charge is 0.204 e. The number of carbonyl (C=O) groups excluding carboxylic acids is 1. The van der Waals surface area contributed by atoms with Crippen molar-refractivity contribution in [3.63, 3.8) is 0 Å². The minimum Gasteiger partial charge on any atom is -0.492 e. The van der Waals surface area contributed by atoms with Crippen LogP contribution in [0.25, 0.3) is 0 Å². The highest BCUT2D eigenvalue weighted by molar-refractivity contribution is 6.07. The fraction of sp³-hybridized carbons (Fsp3) is 0.263. The topological polar surface area (TPSA) is 81.8 Å². The lowest BCUT2D eigenvalue weighted by molar-refractivity contribution is -0.481. The van der Waals surface area contributed by atoms with Crippen molar-refractivity contribution in [2.45, 2.75) is 6.42 Å². The summed E-state index contributed by atoms with van der Waals surface area (Å²) in [5.41, 5.74) is 0.268. The highest BCUT2D eigenvalue weighted by Crippen LogP contribution is 2.30. The summed E-state index contributed by atoms with van der Waals surface area (Å²) in [5.74, 6) is -3.24. The molecule has 0 saturated carbocycles. The average Bonchev–Trinajstić information content (AvgIpc) is 2.64. The molecule has 0 bridgehead atoms. The molecule has 0 saturated heterocycles. The van der Waals surface area contributed by atoms with Crippen LogP contribution < -0.4 is 4.74 Å². The summed E-state index contributed by atoms with van der Waals surface area (Å²) in [6.07, 6.45) is 0.0842. The SMILES string of the molecule is O=C(CN=C1c2cc(F)ccc2OCC1CC[N+](=O)[O-])c1ccc(F)cc1F. The molecule has 0 amide bonds. The van der Waals surface area contributed by atoms with Crippen molar-refractivity contribution >= 4 is 11.5 Å². The normalized spacial score (nSPS) is 17.1. The van der Waals surface area contributed by atoms with Gasteiger partial charge in [0.05, 0.1) is 17.9 Å². The zero-order chi connectivity index (χ0) is 20.3. The molecule has 2 aromatic rings. The molecule has 0 N–H and O–H groups in total. The maximum absolute atomic E-state index is 13.8. The highest BCUT2D eigenvalue weighted by atomic mass is 19.1. The van der Waals surface area contributed by atoms with Crippen LogP contribution in [-0.4, -0.2) is 36.1 Å².